The van der Waals surface area contributed by atoms with Gasteiger partial charge in [0.2, 0.25) is 0 Å². The van der Waals surface area contributed by atoms with Gasteiger partial charge in [0, 0.05) is 29.8 Å². The standard InChI is InChI=1S/C23H43F2O5PS2/c1-18(2)16-20(26)32-14-10-8-12-29-31(28,23(24,25)22(5,6)7)30-13-9-11-15-33-21(27)17-19(3)4/h18-19H,8-17H2,1-7H3. The SMILES string of the molecule is CC(C)CC(=O)SCCCCOP(=O)(OCCCCSC(=O)CC(C)C)C(F)(F)C(C)(C)C. The molecule has 0 rings (SSSR count). The van der Waals surface area contributed by atoms with Crippen LogP contribution in [0.15, 0.2) is 0 Å². The highest BCUT2D eigenvalue weighted by Gasteiger charge is 2.61. The molecule has 0 saturated heterocycles. The molecular formula is C23H43F2O5PS2. The third-order valence-corrected chi connectivity index (χ3v) is 8.89. The predicted octanol–water partition coefficient (Wildman–Crippen LogP) is 8.02. The molecule has 0 bridgehead atoms. The molecule has 0 unspecified atom stereocenters. The Balaban J connectivity index is 4.59. The van der Waals surface area contributed by atoms with Crippen LogP contribution in [-0.4, -0.2) is 40.6 Å². The van der Waals surface area contributed by atoms with Crippen LogP contribution in [-0.2, 0) is 23.2 Å². The first-order valence-corrected chi connectivity index (χ1v) is 15.2. The molecule has 33 heavy (non-hydrogen) atoms. The molecule has 0 radical (unpaired) electrons. The van der Waals surface area contributed by atoms with Gasteiger partial charge in [-0.2, -0.15) is 8.78 Å². The van der Waals surface area contributed by atoms with E-state index < -0.39 is 18.7 Å². The maximum Gasteiger partial charge on any atom is 0.400 e. The summed E-state index contributed by atoms with van der Waals surface area (Å²) in [5.41, 5.74) is -5.25. The van der Waals surface area contributed by atoms with E-state index in [2.05, 4.69) is 0 Å². The highest BCUT2D eigenvalue weighted by Crippen LogP contribution is 2.68. The van der Waals surface area contributed by atoms with E-state index >= 15 is 0 Å². The zero-order valence-corrected chi connectivity index (χ0v) is 23.8. The zero-order valence-electron chi connectivity index (χ0n) is 21.3. The quantitative estimate of drug-likeness (QED) is 0.139. The Hall–Kier alpha value is 0.0500. The number of carbonyl (C=O) groups excluding carboxylic acids is 2. The van der Waals surface area contributed by atoms with Crippen molar-refractivity contribution in [2.75, 3.05) is 24.7 Å². The lowest BCUT2D eigenvalue weighted by Crippen LogP contribution is -2.35. The average molecular weight is 533 g/mol. The van der Waals surface area contributed by atoms with Crippen LogP contribution in [0.2, 0.25) is 0 Å². The Morgan fingerprint density at radius 3 is 1.45 bits per heavy atom. The molecular weight excluding hydrogens is 489 g/mol. The van der Waals surface area contributed by atoms with Crippen LogP contribution in [0.5, 0.6) is 0 Å². The second-order valence-electron chi connectivity index (χ2n) is 10.0. The van der Waals surface area contributed by atoms with Crippen LogP contribution >= 0.6 is 31.1 Å². The van der Waals surface area contributed by atoms with E-state index in [1.807, 2.05) is 27.7 Å². The van der Waals surface area contributed by atoms with E-state index in [4.69, 9.17) is 9.05 Å². The minimum atomic E-state index is -4.70. The van der Waals surface area contributed by atoms with Crippen molar-refractivity contribution >= 4 is 41.4 Å². The Kier molecular flexibility index (Phi) is 15.9. The third kappa shape index (κ3) is 13.6. The molecule has 0 aromatic carbocycles. The normalized spacial score (nSPS) is 13.2. The van der Waals surface area contributed by atoms with E-state index in [0.29, 0.717) is 61.9 Å². The second-order valence-corrected chi connectivity index (χ2v) is 14.4. The van der Waals surface area contributed by atoms with Crippen molar-refractivity contribution in [3.63, 3.8) is 0 Å². The number of alkyl halides is 2. The van der Waals surface area contributed by atoms with Crippen LogP contribution in [0.25, 0.3) is 0 Å². The number of halogens is 2. The summed E-state index contributed by atoms with van der Waals surface area (Å²) in [5, 5.41) is 0.228. The summed E-state index contributed by atoms with van der Waals surface area (Å²) in [6, 6.07) is 0. The molecule has 196 valence electrons. The molecule has 0 fully saturated rings. The molecule has 0 aromatic rings. The summed E-state index contributed by atoms with van der Waals surface area (Å²) in [6.45, 7) is 11.6. The fraction of sp³-hybridized carbons (Fsp3) is 0.913. The van der Waals surface area contributed by atoms with Crippen molar-refractivity contribution in [2.24, 2.45) is 17.3 Å². The highest BCUT2D eigenvalue weighted by molar-refractivity contribution is 8.13. The van der Waals surface area contributed by atoms with E-state index in [1.165, 1.54) is 44.3 Å². The molecule has 0 spiro atoms. The van der Waals surface area contributed by atoms with Gasteiger partial charge in [-0.3, -0.25) is 14.2 Å². The lowest BCUT2D eigenvalue weighted by atomic mass is 9.97. The van der Waals surface area contributed by atoms with Crippen LogP contribution in [0, 0.1) is 17.3 Å². The van der Waals surface area contributed by atoms with E-state index in [9.17, 15) is 22.9 Å². The van der Waals surface area contributed by atoms with Gasteiger partial charge in [-0.1, -0.05) is 72.0 Å². The molecule has 0 atom stereocenters. The summed E-state index contributed by atoms with van der Waals surface area (Å²) in [6.07, 6.45) is 3.02. The summed E-state index contributed by atoms with van der Waals surface area (Å²) in [5.74, 6) is 1.75. The predicted molar refractivity (Wildman–Crippen MR) is 136 cm³/mol. The van der Waals surface area contributed by atoms with Gasteiger partial charge >= 0.3 is 13.3 Å². The van der Waals surface area contributed by atoms with Crippen LogP contribution in [0.3, 0.4) is 0 Å². The first-order valence-electron chi connectivity index (χ1n) is 11.7. The maximum atomic E-state index is 15.0. The number of unbranched alkanes of at least 4 members (excludes halogenated alkanes) is 2. The minimum absolute atomic E-state index is 0.114. The van der Waals surface area contributed by atoms with Crippen molar-refractivity contribution in [1.29, 1.82) is 0 Å². The van der Waals surface area contributed by atoms with Crippen molar-refractivity contribution in [2.45, 2.75) is 92.7 Å². The molecule has 0 N–H and O–H groups in total. The van der Waals surface area contributed by atoms with Gasteiger partial charge in [-0.05, 0) is 37.5 Å². The fourth-order valence-corrected chi connectivity index (χ4v) is 6.56. The Morgan fingerprint density at radius 1 is 0.788 bits per heavy atom. The Labute approximate surface area is 207 Å². The van der Waals surface area contributed by atoms with Crippen LogP contribution < -0.4 is 0 Å². The largest absolute Gasteiger partial charge is 0.400 e. The average Bonchev–Trinajstić information content (AvgIpc) is 2.65. The number of hydrogen-bond acceptors (Lipinski definition) is 7. The highest BCUT2D eigenvalue weighted by atomic mass is 32.2. The summed E-state index contributed by atoms with van der Waals surface area (Å²) in [4.78, 5) is 23.4. The minimum Gasteiger partial charge on any atom is -0.304 e. The first kappa shape index (κ1) is 33.0. The van der Waals surface area contributed by atoms with Crippen molar-refractivity contribution < 1.29 is 32.0 Å². The lowest BCUT2D eigenvalue weighted by Gasteiger charge is -2.35. The maximum absolute atomic E-state index is 15.0. The lowest BCUT2D eigenvalue weighted by molar-refractivity contribution is -0.112. The summed E-state index contributed by atoms with van der Waals surface area (Å²) < 4.78 is 53.5. The number of rotatable bonds is 17. The number of carbonyl (C=O) groups is 2. The van der Waals surface area contributed by atoms with Gasteiger partial charge in [0.25, 0.3) is 0 Å². The van der Waals surface area contributed by atoms with Gasteiger partial charge in [0.1, 0.15) is 0 Å². The van der Waals surface area contributed by atoms with Crippen LogP contribution in [0.4, 0.5) is 8.78 Å². The van der Waals surface area contributed by atoms with E-state index in [1.54, 1.807) is 0 Å². The van der Waals surface area contributed by atoms with Crippen molar-refractivity contribution in [1.82, 2.24) is 0 Å². The van der Waals surface area contributed by atoms with Crippen molar-refractivity contribution in [3.05, 3.63) is 0 Å². The molecule has 10 heteroatoms. The van der Waals surface area contributed by atoms with E-state index in [0.717, 1.165) is 0 Å². The van der Waals surface area contributed by atoms with E-state index in [-0.39, 0.29) is 23.4 Å². The molecule has 0 heterocycles. The van der Waals surface area contributed by atoms with Gasteiger partial charge < -0.3 is 9.05 Å². The van der Waals surface area contributed by atoms with Gasteiger partial charge in [-0.15, -0.1) is 0 Å². The molecule has 0 aliphatic rings. The summed E-state index contributed by atoms with van der Waals surface area (Å²) >= 11 is 2.46. The zero-order chi connectivity index (χ0) is 25.7. The smallest absolute Gasteiger partial charge is 0.304 e. The van der Waals surface area contributed by atoms with Crippen LogP contribution in [0.1, 0.15) is 87.0 Å². The Bertz CT molecular complexity index is 599. The second kappa shape index (κ2) is 15.9. The van der Waals surface area contributed by atoms with Gasteiger partial charge in [0.15, 0.2) is 10.2 Å². The Morgan fingerprint density at radius 2 is 1.15 bits per heavy atom. The first-order chi connectivity index (χ1) is 15.1. The number of thioether (sulfide) groups is 2. The monoisotopic (exact) mass is 532 g/mol. The molecule has 0 aliphatic carbocycles. The topological polar surface area (TPSA) is 69.7 Å². The van der Waals surface area contributed by atoms with Gasteiger partial charge in [0.05, 0.1) is 13.2 Å². The molecule has 0 amide bonds. The van der Waals surface area contributed by atoms with Crippen molar-refractivity contribution in [3.8, 4) is 0 Å². The summed E-state index contributed by atoms with van der Waals surface area (Å²) in [7, 11) is -4.70. The molecule has 5 nitrogen and oxygen atoms in total. The van der Waals surface area contributed by atoms with Gasteiger partial charge in [-0.25, -0.2) is 0 Å². The third-order valence-electron chi connectivity index (χ3n) is 4.52. The molecule has 0 saturated carbocycles. The molecule has 0 aromatic heterocycles. The number of hydrogen-bond donors (Lipinski definition) is 0. The molecule has 0 aliphatic heterocycles. The fourth-order valence-electron chi connectivity index (χ4n) is 2.54.